The number of carbonyl (C=O) groups excluding carboxylic acids is 2. The van der Waals surface area contributed by atoms with Gasteiger partial charge >= 0.3 is 6.03 Å². The Morgan fingerprint density at radius 2 is 1.26 bits per heavy atom. The fraction of sp³-hybridized carbons (Fsp3) is 0.214. The molecule has 1 spiro atoms. The van der Waals surface area contributed by atoms with Crippen LogP contribution in [0.2, 0.25) is 0 Å². The van der Waals surface area contributed by atoms with Crippen molar-refractivity contribution in [1.29, 1.82) is 0 Å². The van der Waals surface area contributed by atoms with E-state index >= 15 is 0 Å². The fourth-order valence-corrected chi connectivity index (χ4v) is 4.42. The molecule has 0 bridgehead atoms. The number of likely N-dealkylation sites (tertiary alicyclic amines) is 1. The van der Waals surface area contributed by atoms with Gasteiger partial charge in [-0.2, -0.15) is 0 Å². The number of amides is 2. The lowest BCUT2D eigenvalue weighted by Crippen LogP contribution is -2.46. The van der Waals surface area contributed by atoms with Crippen molar-refractivity contribution in [3.63, 3.8) is 0 Å². The van der Waals surface area contributed by atoms with Crippen LogP contribution in [0.4, 0.5) is 10.5 Å². The summed E-state index contributed by atoms with van der Waals surface area (Å²) in [5, 5.41) is 2.93. The zero-order valence-electron chi connectivity index (χ0n) is 19.1. The second-order valence-electron chi connectivity index (χ2n) is 8.69. The highest BCUT2D eigenvalue weighted by atomic mass is 16.2. The van der Waals surface area contributed by atoms with Gasteiger partial charge in [0.05, 0.1) is 11.4 Å². The molecule has 2 aliphatic rings. The average Bonchev–Trinajstić information content (AvgIpc) is 3.25. The molecule has 1 N–H and O–H groups in total. The maximum atomic E-state index is 12.8. The van der Waals surface area contributed by atoms with E-state index in [-0.39, 0.29) is 11.8 Å². The van der Waals surface area contributed by atoms with E-state index in [1.54, 1.807) is 29.2 Å². The molecule has 0 radical (unpaired) electrons. The number of benzene rings is 3. The molecule has 1 saturated heterocycles. The molecule has 2 amide bonds. The number of Topliss-reactive ketones (excluding diaryl/α,β-unsaturated/α-hetero) is 1. The highest BCUT2D eigenvalue weighted by Gasteiger charge is 2.40. The zero-order valence-corrected chi connectivity index (χ0v) is 19.1. The third kappa shape index (κ3) is 4.39. The molecule has 0 atom stereocenters. The molecule has 0 aromatic heterocycles. The van der Waals surface area contributed by atoms with Crippen molar-refractivity contribution < 1.29 is 9.59 Å². The van der Waals surface area contributed by atoms with Gasteiger partial charge in [-0.1, -0.05) is 60.7 Å². The fourth-order valence-electron chi connectivity index (χ4n) is 4.42. The standard InChI is InChI=1S/C28H26N4O2/c1-20(33)21-12-14-24(15-13-21)29-27(34)32-18-16-28(17-19-32)30-25(22-8-4-2-5-9-22)26(31-28)23-10-6-3-7-11-23/h2-15H,16-19H2,1H3,(H,29,34). The number of nitrogens with one attached hydrogen (secondary N) is 1. The molecule has 6 heteroatoms. The van der Waals surface area contributed by atoms with Crippen molar-refractivity contribution >= 4 is 28.9 Å². The third-order valence-corrected chi connectivity index (χ3v) is 6.35. The summed E-state index contributed by atoms with van der Waals surface area (Å²) in [6.45, 7) is 2.65. The molecular weight excluding hydrogens is 424 g/mol. The minimum atomic E-state index is -0.545. The number of carbonyl (C=O) groups is 2. The largest absolute Gasteiger partial charge is 0.324 e. The van der Waals surface area contributed by atoms with Crippen LogP contribution in [0.25, 0.3) is 0 Å². The molecule has 34 heavy (non-hydrogen) atoms. The first-order valence-electron chi connectivity index (χ1n) is 11.5. The van der Waals surface area contributed by atoms with Crippen LogP contribution in [0.3, 0.4) is 0 Å². The number of anilines is 1. The van der Waals surface area contributed by atoms with Crippen LogP contribution in [-0.2, 0) is 0 Å². The van der Waals surface area contributed by atoms with Gasteiger partial charge in [-0.3, -0.25) is 14.8 Å². The van der Waals surface area contributed by atoms with Gasteiger partial charge in [-0.05, 0) is 31.2 Å². The van der Waals surface area contributed by atoms with Crippen molar-refractivity contribution in [1.82, 2.24) is 4.90 Å². The summed E-state index contributed by atoms with van der Waals surface area (Å²) in [5.74, 6) is 0.00150. The molecule has 3 aromatic rings. The summed E-state index contributed by atoms with van der Waals surface area (Å²) in [6.07, 6.45) is 1.33. The quantitative estimate of drug-likeness (QED) is 0.555. The Balaban J connectivity index is 1.33. The van der Waals surface area contributed by atoms with E-state index in [9.17, 15) is 9.59 Å². The predicted molar refractivity (Wildman–Crippen MR) is 135 cm³/mol. The van der Waals surface area contributed by atoms with E-state index in [0.29, 0.717) is 37.2 Å². The average molecular weight is 451 g/mol. The molecule has 6 nitrogen and oxygen atoms in total. The molecule has 2 aliphatic heterocycles. The van der Waals surface area contributed by atoms with Crippen molar-refractivity contribution in [2.24, 2.45) is 9.98 Å². The highest BCUT2D eigenvalue weighted by Crippen LogP contribution is 2.35. The van der Waals surface area contributed by atoms with E-state index in [2.05, 4.69) is 29.6 Å². The van der Waals surface area contributed by atoms with Crippen LogP contribution in [0.1, 0.15) is 41.3 Å². The maximum absolute atomic E-state index is 12.8. The van der Waals surface area contributed by atoms with Gasteiger partial charge in [0.25, 0.3) is 0 Å². The molecule has 0 saturated carbocycles. The summed E-state index contributed by atoms with van der Waals surface area (Å²) in [7, 11) is 0. The lowest BCUT2D eigenvalue weighted by atomic mass is 9.98. The van der Waals surface area contributed by atoms with Crippen LogP contribution in [-0.4, -0.2) is 46.9 Å². The number of hydrogen-bond donors (Lipinski definition) is 1. The number of aliphatic imine (C=N–C) groups is 2. The maximum Gasteiger partial charge on any atom is 0.321 e. The molecule has 2 heterocycles. The Morgan fingerprint density at radius 3 is 1.74 bits per heavy atom. The lowest BCUT2D eigenvalue weighted by molar-refractivity contribution is 0.101. The first-order chi connectivity index (χ1) is 16.5. The van der Waals surface area contributed by atoms with Gasteiger partial charge in [-0.25, -0.2) is 4.79 Å². The summed E-state index contributed by atoms with van der Waals surface area (Å²) in [4.78, 5) is 36.4. The first kappa shape index (κ1) is 21.8. The lowest BCUT2D eigenvalue weighted by Gasteiger charge is -2.35. The first-order valence-corrected chi connectivity index (χ1v) is 11.5. The number of urea groups is 1. The molecule has 170 valence electrons. The van der Waals surface area contributed by atoms with Gasteiger partial charge < -0.3 is 10.2 Å². The number of ketones is 1. The Labute approximate surface area is 199 Å². The normalized spacial score (nSPS) is 16.7. The summed E-state index contributed by atoms with van der Waals surface area (Å²) in [5.41, 5.74) is 4.68. The molecule has 0 unspecified atom stereocenters. The molecule has 5 rings (SSSR count). The SMILES string of the molecule is CC(=O)c1ccc(NC(=O)N2CCC3(CC2)N=C(c2ccccc2)C(c2ccccc2)=N3)cc1. The number of piperidine rings is 1. The summed E-state index contributed by atoms with van der Waals surface area (Å²) in [6, 6.07) is 27.1. The van der Waals surface area contributed by atoms with Crippen LogP contribution < -0.4 is 5.32 Å². The monoisotopic (exact) mass is 450 g/mol. The van der Waals surface area contributed by atoms with E-state index < -0.39 is 5.66 Å². The zero-order chi connectivity index (χ0) is 23.5. The van der Waals surface area contributed by atoms with Crippen LogP contribution in [0.15, 0.2) is 94.9 Å². The van der Waals surface area contributed by atoms with Gasteiger partial charge in [0, 0.05) is 48.3 Å². The third-order valence-electron chi connectivity index (χ3n) is 6.35. The van der Waals surface area contributed by atoms with Crippen molar-refractivity contribution in [2.45, 2.75) is 25.4 Å². The number of hydrogen-bond acceptors (Lipinski definition) is 4. The van der Waals surface area contributed by atoms with E-state index in [4.69, 9.17) is 9.98 Å². The van der Waals surface area contributed by atoms with Crippen molar-refractivity contribution in [3.05, 3.63) is 102 Å². The van der Waals surface area contributed by atoms with E-state index in [1.807, 2.05) is 36.4 Å². The Morgan fingerprint density at radius 1 is 0.765 bits per heavy atom. The van der Waals surface area contributed by atoms with Gasteiger partial charge in [0.15, 0.2) is 11.4 Å². The summed E-state index contributed by atoms with van der Waals surface area (Å²) < 4.78 is 0. The van der Waals surface area contributed by atoms with Crippen molar-refractivity contribution in [3.8, 4) is 0 Å². The smallest absolute Gasteiger partial charge is 0.321 e. The van der Waals surface area contributed by atoms with Crippen LogP contribution in [0, 0.1) is 0 Å². The molecule has 0 aliphatic carbocycles. The highest BCUT2D eigenvalue weighted by molar-refractivity contribution is 6.54. The molecule has 3 aromatic carbocycles. The minimum absolute atomic E-state index is 0.00150. The molecule has 1 fully saturated rings. The minimum Gasteiger partial charge on any atom is -0.324 e. The van der Waals surface area contributed by atoms with E-state index in [0.717, 1.165) is 22.6 Å². The topological polar surface area (TPSA) is 74.1 Å². The predicted octanol–water partition coefficient (Wildman–Crippen LogP) is 5.21. The molecular formula is C28H26N4O2. The number of nitrogens with zero attached hydrogens (tertiary/aromatic N) is 3. The van der Waals surface area contributed by atoms with E-state index in [1.165, 1.54) is 6.92 Å². The second-order valence-corrected chi connectivity index (χ2v) is 8.69. The Kier molecular flexibility index (Phi) is 5.80. The summed E-state index contributed by atoms with van der Waals surface area (Å²) >= 11 is 0. The van der Waals surface area contributed by atoms with Crippen LogP contribution in [0.5, 0.6) is 0 Å². The number of rotatable bonds is 4. The Bertz CT molecular complexity index is 1200. The Hall–Kier alpha value is -4.06. The second kappa shape index (κ2) is 9.06. The van der Waals surface area contributed by atoms with Gasteiger partial charge in [0.1, 0.15) is 0 Å². The van der Waals surface area contributed by atoms with Gasteiger partial charge in [-0.15, -0.1) is 0 Å². The van der Waals surface area contributed by atoms with Gasteiger partial charge in [0.2, 0.25) is 0 Å². The van der Waals surface area contributed by atoms with Crippen molar-refractivity contribution in [2.75, 3.05) is 18.4 Å². The van der Waals surface area contributed by atoms with Crippen LogP contribution >= 0.6 is 0 Å².